The first-order valence-electron chi connectivity index (χ1n) is 9.84. The summed E-state index contributed by atoms with van der Waals surface area (Å²) in [5, 5.41) is 12.4. The van der Waals surface area contributed by atoms with Gasteiger partial charge in [-0.15, -0.1) is 0 Å². The van der Waals surface area contributed by atoms with Crippen molar-refractivity contribution < 1.29 is 23.9 Å². The Labute approximate surface area is 169 Å². The maximum atomic E-state index is 13.1. The smallest absolute Gasteiger partial charge is 0.311 e. The summed E-state index contributed by atoms with van der Waals surface area (Å²) in [7, 11) is 0. The number of nitrogens with zero attached hydrogens (tertiary/aromatic N) is 1. The van der Waals surface area contributed by atoms with Crippen LogP contribution in [0.15, 0.2) is 47.1 Å². The van der Waals surface area contributed by atoms with E-state index in [1.807, 2.05) is 24.3 Å². The first-order valence-corrected chi connectivity index (χ1v) is 9.84. The highest BCUT2D eigenvalue weighted by Gasteiger charge is 2.39. The molecule has 2 heterocycles. The molecule has 1 unspecified atom stereocenters. The van der Waals surface area contributed by atoms with Gasteiger partial charge >= 0.3 is 5.97 Å². The van der Waals surface area contributed by atoms with E-state index in [-0.39, 0.29) is 24.1 Å². The average Bonchev–Trinajstić information content (AvgIpc) is 3.28. The number of carboxylic acid groups (broad SMARTS) is 1. The summed E-state index contributed by atoms with van der Waals surface area (Å²) in [4.78, 5) is 39.3. The van der Waals surface area contributed by atoms with Crippen molar-refractivity contribution >= 4 is 17.8 Å². The molecule has 0 radical (unpaired) electrons. The predicted molar refractivity (Wildman–Crippen MR) is 106 cm³/mol. The molecule has 7 nitrogen and oxygen atoms in total. The van der Waals surface area contributed by atoms with Crippen LogP contribution in [0.1, 0.15) is 48.4 Å². The van der Waals surface area contributed by atoms with Crippen LogP contribution in [0.25, 0.3) is 0 Å². The third-order valence-electron chi connectivity index (χ3n) is 5.95. The summed E-state index contributed by atoms with van der Waals surface area (Å²) in [5.74, 6) is -1.48. The van der Waals surface area contributed by atoms with E-state index in [9.17, 15) is 19.5 Å². The number of hydrogen-bond donors (Lipinski definition) is 2. The van der Waals surface area contributed by atoms with Gasteiger partial charge in [-0.2, -0.15) is 0 Å². The molecule has 1 atom stereocenters. The normalized spacial score (nSPS) is 16.2. The Hall–Kier alpha value is -3.09. The van der Waals surface area contributed by atoms with E-state index in [1.165, 1.54) is 11.2 Å². The number of hydrogen-bond acceptors (Lipinski definition) is 4. The summed E-state index contributed by atoms with van der Waals surface area (Å²) >= 11 is 0. The van der Waals surface area contributed by atoms with Crippen LogP contribution in [-0.4, -0.2) is 40.4 Å². The minimum Gasteiger partial charge on any atom is -0.481 e. The number of furan rings is 1. The number of aliphatic carboxylic acids is 1. The zero-order valence-corrected chi connectivity index (χ0v) is 16.7. The van der Waals surface area contributed by atoms with E-state index < -0.39 is 17.4 Å². The minimum atomic E-state index is -1.02. The predicted octanol–water partition coefficient (Wildman–Crippen LogP) is 2.85. The van der Waals surface area contributed by atoms with Crippen molar-refractivity contribution in [2.24, 2.45) is 5.41 Å². The lowest BCUT2D eigenvalue weighted by atomic mass is 9.82. The van der Waals surface area contributed by atoms with Crippen molar-refractivity contribution in [2.75, 3.05) is 6.54 Å². The molecule has 1 aromatic carbocycles. The minimum absolute atomic E-state index is 0.0229. The fraction of sp³-hybridized carbons (Fsp3) is 0.409. The second-order valence-electron chi connectivity index (χ2n) is 7.41. The highest BCUT2D eigenvalue weighted by molar-refractivity contribution is 5.96. The van der Waals surface area contributed by atoms with Gasteiger partial charge in [-0.25, -0.2) is 0 Å². The monoisotopic (exact) mass is 398 g/mol. The molecular formula is C22H26N2O5. The van der Waals surface area contributed by atoms with E-state index >= 15 is 0 Å². The Morgan fingerprint density at radius 3 is 2.41 bits per heavy atom. The van der Waals surface area contributed by atoms with Gasteiger partial charge in [-0.05, 0) is 36.1 Å². The molecule has 0 aliphatic carbocycles. The van der Waals surface area contributed by atoms with Crippen LogP contribution in [0.3, 0.4) is 0 Å². The number of benzene rings is 1. The zero-order chi connectivity index (χ0) is 21.0. The van der Waals surface area contributed by atoms with Crippen LogP contribution in [0.5, 0.6) is 0 Å². The van der Waals surface area contributed by atoms with Gasteiger partial charge in [0.1, 0.15) is 6.04 Å². The first-order chi connectivity index (χ1) is 13.9. The largest absolute Gasteiger partial charge is 0.481 e. The van der Waals surface area contributed by atoms with E-state index in [1.54, 1.807) is 26.0 Å². The second-order valence-corrected chi connectivity index (χ2v) is 7.41. The molecule has 3 rings (SSSR count). The van der Waals surface area contributed by atoms with Crippen LogP contribution in [0.2, 0.25) is 0 Å². The standard InChI is InChI=1S/C22H26N2O5/c1-3-22(4-2,21(27)28)14-23-19(25)17-12-15-8-5-6-9-16(15)13-24(17)20(26)18-10-7-11-29-18/h5-11,17H,3-4,12-14H2,1-2H3,(H,23,25)(H,27,28). The number of carbonyl (C=O) groups excluding carboxylic acids is 2. The maximum Gasteiger partial charge on any atom is 0.311 e. The highest BCUT2D eigenvalue weighted by atomic mass is 16.4. The Morgan fingerprint density at radius 1 is 1.14 bits per heavy atom. The molecule has 2 N–H and O–H groups in total. The molecule has 0 saturated heterocycles. The Bertz CT molecular complexity index is 886. The summed E-state index contributed by atoms with van der Waals surface area (Å²) in [6.45, 7) is 3.91. The molecule has 1 aromatic heterocycles. The number of fused-ring (bicyclic) bond motifs is 1. The number of rotatable bonds is 7. The van der Waals surface area contributed by atoms with Crippen LogP contribution in [-0.2, 0) is 22.6 Å². The third-order valence-corrected chi connectivity index (χ3v) is 5.95. The van der Waals surface area contributed by atoms with Crippen molar-refractivity contribution in [3.05, 3.63) is 59.5 Å². The van der Waals surface area contributed by atoms with Crippen molar-refractivity contribution in [3.63, 3.8) is 0 Å². The molecule has 2 amide bonds. The summed E-state index contributed by atoms with van der Waals surface area (Å²) < 4.78 is 5.24. The van der Waals surface area contributed by atoms with Gasteiger partial charge in [0.15, 0.2) is 5.76 Å². The van der Waals surface area contributed by atoms with Crippen molar-refractivity contribution in [1.82, 2.24) is 10.2 Å². The number of carbonyl (C=O) groups is 3. The molecule has 29 heavy (non-hydrogen) atoms. The summed E-state index contributed by atoms with van der Waals surface area (Å²) in [6, 6.07) is 10.2. The van der Waals surface area contributed by atoms with Crippen LogP contribution >= 0.6 is 0 Å². The Kier molecular flexibility index (Phi) is 6.06. The van der Waals surface area contributed by atoms with Crippen LogP contribution in [0, 0.1) is 5.41 Å². The Balaban J connectivity index is 1.84. The van der Waals surface area contributed by atoms with Crippen molar-refractivity contribution in [2.45, 2.75) is 45.7 Å². The third kappa shape index (κ3) is 4.04. The fourth-order valence-corrected chi connectivity index (χ4v) is 3.76. The lowest BCUT2D eigenvalue weighted by Gasteiger charge is -2.36. The summed E-state index contributed by atoms with van der Waals surface area (Å²) in [6.07, 6.45) is 2.60. The topological polar surface area (TPSA) is 99.9 Å². The lowest BCUT2D eigenvalue weighted by molar-refractivity contribution is -0.149. The van der Waals surface area contributed by atoms with Gasteiger partial charge < -0.3 is 19.7 Å². The Morgan fingerprint density at radius 2 is 1.83 bits per heavy atom. The fourth-order valence-electron chi connectivity index (χ4n) is 3.76. The lowest BCUT2D eigenvalue weighted by Crippen LogP contribution is -2.54. The molecule has 0 spiro atoms. The zero-order valence-electron chi connectivity index (χ0n) is 16.7. The van der Waals surface area contributed by atoms with Gasteiger partial charge in [0.25, 0.3) is 5.91 Å². The molecule has 0 bridgehead atoms. The SMILES string of the molecule is CCC(CC)(CNC(=O)C1Cc2ccccc2CN1C(=O)c1ccco1)C(=O)O. The van der Waals surface area contributed by atoms with Crippen molar-refractivity contribution in [1.29, 1.82) is 0 Å². The van der Waals surface area contributed by atoms with Crippen molar-refractivity contribution in [3.8, 4) is 0 Å². The first kappa shape index (κ1) is 20.6. The summed E-state index contributed by atoms with van der Waals surface area (Å²) in [5.41, 5.74) is 0.975. The van der Waals surface area contributed by atoms with E-state index in [0.717, 1.165) is 11.1 Å². The molecule has 2 aromatic rings. The van der Waals surface area contributed by atoms with Gasteiger partial charge in [0.2, 0.25) is 5.91 Å². The molecule has 154 valence electrons. The quantitative estimate of drug-likeness (QED) is 0.747. The average molecular weight is 398 g/mol. The molecule has 1 aliphatic heterocycles. The molecular weight excluding hydrogens is 372 g/mol. The molecule has 0 saturated carbocycles. The van der Waals surface area contributed by atoms with Crippen LogP contribution in [0.4, 0.5) is 0 Å². The van der Waals surface area contributed by atoms with Gasteiger partial charge in [-0.3, -0.25) is 14.4 Å². The maximum absolute atomic E-state index is 13.1. The van der Waals surface area contributed by atoms with E-state index in [4.69, 9.17) is 4.42 Å². The van der Waals surface area contributed by atoms with E-state index in [0.29, 0.717) is 25.8 Å². The number of nitrogens with one attached hydrogen (secondary N) is 1. The van der Waals surface area contributed by atoms with Gasteiger partial charge in [-0.1, -0.05) is 38.1 Å². The van der Waals surface area contributed by atoms with Gasteiger partial charge in [0, 0.05) is 19.5 Å². The highest BCUT2D eigenvalue weighted by Crippen LogP contribution is 2.28. The molecule has 0 fully saturated rings. The van der Waals surface area contributed by atoms with Crippen LogP contribution < -0.4 is 5.32 Å². The molecule has 1 aliphatic rings. The van der Waals surface area contributed by atoms with Gasteiger partial charge in [0.05, 0.1) is 11.7 Å². The number of carboxylic acids is 1. The molecule has 7 heteroatoms. The van der Waals surface area contributed by atoms with E-state index in [2.05, 4.69) is 5.32 Å². The second kappa shape index (κ2) is 8.51. The number of amides is 2.